The Morgan fingerprint density at radius 3 is 3.05 bits per heavy atom. The fourth-order valence-corrected chi connectivity index (χ4v) is 2.78. The largest absolute Gasteiger partial charge is 0.378 e. The number of nitrogens with one attached hydrogen (secondary N) is 1. The SMILES string of the molecule is CCNC(CCCC1CCCO1)c1cccc(C)n1. The van der Waals surface area contributed by atoms with Crippen LogP contribution in [0.25, 0.3) is 0 Å². The van der Waals surface area contributed by atoms with Crippen LogP contribution in [0.1, 0.15) is 56.5 Å². The van der Waals surface area contributed by atoms with E-state index >= 15 is 0 Å². The fraction of sp³-hybridized carbons (Fsp3) is 0.688. The van der Waals surface area contributed by atoms with Gasteiger partial charge in [0.25, 0.3) is 0 Å². The van der Waals surface area contributed by atoms with E-state index < -0.39 is 0 Å². The first-order valence-electron chi connectivity index (χ1n) is 7.58. The molecule has 106 valence electrons. The second-order valence-electron chi connectivity index (χ2n) is 5.38. The van der Waals surface area contributed by atoms with E-state index in [1.54, 1.807) is 0 Å². The lowest BCUT2D eigenvalue weighted by Gasteiger charge is -2.18. The van der Waals surface area contributed by atoms with E-state index in [0.29, 0.717) is 12.1 Å². The van der Waals surface area contributed by atoms with E-state index in [1.165, 1.54) is 31.4 Å². The maximum absolute atomic E-state index is 5.68. The highest BCUT2D eigenvalue weighted by molar-refractivity contribution is 5.13. The van der Waals surface area contributed by atoms with Gasteiger partial charge in [-0.25, -0.2) is 0 Å². The number of aryl methyl sites for hydroxylation is 1. The smallest absolute Gasteiger partial charge is 0.0576 e. The molecule has 1 saturated heterocycles. The molecule has 1 aromatic rings. The van der Waals surface area contributed by atoms with Crippen LogP contribution in [0.5, 0.6) is 0 Å². The van der Waals surface area contributed by atoms with Crippen LogP contribution in [0, 0.1) is 6.92 Å². The van der Waals surface area contributed by atoms with E-state index in [1.807, 2.05) is 0 Å². The molecular formula is C16H26N2O. The molecule has 2 rings (SSSR count). The zero-order valence-corrected chi connectivity index (χ0v) is 12.2. The predicted molar refractivity (Wildman–Crippen MR) is 78.2 cm³/mol. The standard InChI is InChI=1S/C16H26N2O/c1-3-17-15(16-11-4-7-13(2)18-16)10-5-8-14-9-6-12-19-14/h4,7,11,14-15,17H,3,5-6,8-10,12H2,1-2H3. The Bertz CT molecular complexity index is 375. The monoisotopic (exact) mass is 262 g/mol. The van der Waals surface area contributed by atoms with Crippen LogP contribution in [0.3, 0.4) is 0 Å². The number of hydrogen-bond donors (Lipinski definition) is 1. The third-order valence-corrected chi connectivity index (χ3v) is 3.76. The minimum Gasteiger partial charge on any atom is -0.378 e. The summed E-state index contributed by atoms with van der Waals surface area (Å²) in [6, 6.07) is 6.67. The first-order chi connectivity index (χ1) is 9.29. The Morgan fingerprint density at radius 1 is 1.47 bits per heavy atom. The molecule has 3 nitrogen and oxygen atoms in total. The Kier molecular flexibility index (Phi) is 5.80. The van der Waals surface area contributed by atoms with E-state index in [-0.39, 0.29) is 0 Å². The van der Waals surface area contributed by atoms with Gasteiger partial charge in [0, 0.05) is 18.3 Å². The molecule has 0 spiro atoms. The summed E-state index contributed by atoms with van der Waals surface area (Å²) in [4.78, 5) is 4.65. The maximum Gasteiger partial charge on any atom is 0.0576 e. The molecule has 0 aliphatic carbocycles. The molecule has 1 fully saturated rings. The van der Waals surface area contributed by atoms with E-state index in [9.17, 15) is 0 Å². The van der Waals surface area contributed by atoms with Crippen LogP contribution in [-0.2, 0) is 4.74 Å². The Morgan fingerprint density at radius 2 is 2.37 bits per heavy atom. The van der Waals surface area contributed by atoms with Crippen LogP contribution < -0.4 is 5.32 Å². The van der Waals surface area contributed by atoms with E-state index in [4.69, 9.17) is 4.74 Å². The lowest BCUT2D eigenvalue weighted by molar-refractivity contribution is 0.101. The molecule has 0 radical (unpaired) electrons. The lowest BCUT2D eigenvalue weighted by Crippen LogP contribution is -2.22. The number of pyridine rings is 1. The maximum atomic E-state index is 5.68. The van der Waals surface area contributed by atoms with Crippen LogP contribution in [-0.4, -0.2) is 24.2 Å². The topological polar surface area (TPSA) is 34.1 Å². The molecule has 1 N–H and O–H groups in total. The Balaban J connectivity index is 1.84. The number of aromatic nitrogens is 1. The molecule has 3 heteroatoms. The average molecular weight is 262 g/mol. The van der Waals surface area contributed by atoms with Gasteiger partial charge in [0.1, 0.15) is 0 Å². The minimum atomic E-state index is 0.381. The molecule has 0 saturated carbocycles. The van der Waals surface area contributed by atoms with Crippen LogP contribution >= 0.6 is 0 Å². The van der Waals surface area contributed by atoms with E-state index in [2.05, 4.69) is 42.3 Å². The van der Waals surface area contributed by atoms with Gasteiger partial charge in [0.05, 0.1) is 11.8 Å². The summed E-state index contributed by atoms with van der Waals surface area (Å²) < 4.78 is 5.68. The van der Waals surface area contributed by atoms with Gasteiger partial charge in [-0.3, -0.25) is 4.98 Å². The highest BCUT2D eigenvalue weighted by Gasteiger charge is 2.17. The van der Waals surface area contributed by atoms with Crippen molar-refractivity contribution in [2.75, 3.05) is 13.2 Å². The lowest BCUT2D eigenvalue weighted by atomic mass is 10.0. The summed E-state index contributed by atoms with van der Waals surface area (Å²) in [6.45, 7) is 6.16. The van der Waals surface area contributed by atoms with Gasteiger partial charge in [-0.15, -0.1) is 0 Å². The molecule has 19 heavy (non-hydrogen) atoms. The second kappa shape index (κ2) is 7.61. The summed E-state index contributed by atoms with van der Waals surface area (Å²) in [7, 11) is 0. The highest BCUT2D eigenvalue weighted by atomic mass is 16.5. The molecule has 2 unspecified atom stereocenters. The van der Waals surface area contributed by atoms with Crippen molar-refractivity contribution in [1.29, 1.82) is 0 Å². The molecular weight excluding hydrogens is 236 g/mol. The van der Waals surface area contributed by atoms with Gasteiger partial charge >= 0.3 is 0 Å². The zero-order valence-electron chi connectivity index (χ0n) is 12.2. The Hall–Kier alpha value is -0.930. The quantitative estimate of drug-likeness (QED) is 0.818. The van der Waals surface area contributed by atoms with E-state index in [0.717, 1.165) is 25.3 Å². The van der Waals surface area contributed by atoms with Crippen molar-refractivity contribution < 1.29 is 4.74 Å². The van der Waals surface area contributed by atoms with Crippen molar-refractivity contribution in [3.63, 3.8) is 0 Å². The summed E-state index contributed by atoms with van der Waals surface area (Å²) >= 11 is 0. The third-order valence-electron chi connectivity index (χ3n) is 3.76. The fourth-order valence-electron chi connectivity index (χ4n) is 2.78. The third kappa shape index (κ3) is 4.59. The van der Waals surface area contributed by atoms with Crippen molar-refractivity contribution in [2.24, 2.45) is 0 Å². The van der Waals surface area contributed by atoms with Gasteiger partial charge in [-0.1, -0.05) is 13.0 Å². The Labute approximate surface area is 116 Å². The molecule has 0 bridgehead atoms. The highest BCUT2D eigenvalue weighted by Crippen LogP contribution is 2.22. The first-order valence-corrected chi connectivity index (χ1v) is 7.58. The van der Waals surface area contributed by atoms with Crippen molar-refractivity contribution in [3.05, 3.63) is 29.6 Å². The van der Waals surface area contributed by atoms with Gasteiger partial charge in [-0.05, 0) is 57.7 Å². The summed E-state index contributed by atoms with van der Waals surface area (Å²) in [5.41, 5.74) is 2.27. The second-order valence-corrected chi connectivity index (χ2v) is 5.38. The normalized spacial score (nSPS) is 20.6. The summed E-state index contributed by atoms with van der Waals surface area (Å²) in [6.07, 6.45) is 6.53. The van der Waals surface area contributed by atoms with Gasteiger partial charge in [-0.2, -0.15) is 0 Å². The number of ether oxygens (including phenoxy) is 1. The van der Waals surface area contributed by atoms with Crippen LogP contribution in [0.15, 0.2) is 18.2 Å². The van der Waals surface area contributed by atoms with Crippen molar-refractivity contribution in [2.45, 2.75) is 58.1 Å². The van der Waals surface area contributed by atoms with Gasteiger partial charge < -0.3 is 10.1 Å². The molecule has 0 aromatic carbocycles. The predicted octanol–water partition coefficient (Wildman–Crippen LogP) is 3.39. The molecule has 2 atom stereocenters. The zero-order chi connectivity index (χ0) is 13.5. The van der Waals surface area contributed by atoms with Crippen molar-refractivity contribution in [3.8, 4) is 0 Å². The first kappa shape index (κ1) is 14.5. The minimum absolute atomic E-state index is 0.381. The average Bonchev–Trinajstić information content (AvgIpc) is 2.91. The molecule has 1 aromatic heterocycles. The summed E-state index contributed by atoms with van der Waals surface area (Å²) in [5.74, 6) is 0. The molecule has 1 aliphatic heterocycles. The molecule has 0 amide bonds. The van der Waals surface area contributed by atoms with Crippen LogP contribution in [0.4, 0.5) is 0 Å². The van der Waals surface area contributed by atoms with Crippen molar-refractivity contribution >= 4 is 0 Å². The number of nitrogens with zero attached hydrogens (tertiary/aromatic N) is 1. The molecule has 1 aliphatic rings. The van der Waals surface area contributed by atoms with Crippen molar-refractivity contribution in [1.82, 2.24) is 10.3 Å². The summed E-state index contributed by atoms with van der Waals surface area (Å²) in [5, 5.41) is 3.55. The van der Waals surface area contributed by atoms with Gasteiger partial charge in [0.15, 0.2) is 0 Å². The van der Waals surface area contributed by atoms with Gasteiger partial charge in [0.2, 0.25) is 0 Å². The number of rotatable bonds is 7. The number of hydrogen-bond acceptors (Lipinski definition) is 3. The molecule has 2 heterocycles. The van der Waals surface area contributed by atoms with Crippen LogP contribution in [0.2, 0.25) is 0 Å².